The molecule has 1 N–H and O–H groups in total. The van der Waals surface area contributed by atoms with Crippen LogP contribution in [0.25, 0.3) is 0 Å². The standard InChI is InChI=1S/C10H18O2.C7H14O.C3H5ClO/c1-8-3-2-4-9(5-8)11-6-10-7-12-10;1-6-3-2-4-7(8)5-6;4-1-3-2-5-3/h8-10H,2-7H2,1H3;6-8H,2-5H2,1H3;3H,1-2H2. The average Bonchev–Trinajstić information content (AvgIpc) is 3.49. The summed E-state index contributed by atoms with van der Waals surface area (Å²) in [5.74, 6) is 2.29. The maximum atomic E-state index is 9.08. The molecule has 5 heteroatoms. The van der Waals surface area contributed by atoms with Crippen molar-refractivity contribution < 1.29 is 19.3 Å². The van der Waals surface area contributed by atoms with E-state index in [9.17, 15) is 0 Å². The molecule has 148 valence electrons. The van der Waals surface area contributed by atoms with Gasteiger partial charge in [0.1, 0.15) is 6.10 Å². The quantitative estimate of drug-likeness (QED) is 0.591. The zero-order valence-corrected chi connectivity index (χ0v) is 16.8. The molecule has 0 aromatic rings. The summed E-state index contributed by atoms with van der Waals surface area (Å²) in [6.45, 7) is 7.16. The maximum Gasteiger partial charge on any atom is 0.104 e. The minimum Gasteiger partial charge on any atom is -0.393 e. The number of rotatable bonds is 4. The van der Waals surface area contributed by atoms with E-state index in [2.05, 4.69) is 13.8 Å². The molecule has 0 aromatic heterocycles. The van der Waals surface area contributed by atoms with Crippen molar-refractivity contribution in [3.05, 3.63) is 0 Å². The van der Waals surface area contributed by atoms with Crippen LogP contribution in [0.15, 0.2) is 0 Å². The molecule has 6 unspecified atom stereocenters. The molecule has 2 aliphatic heterocycles. The minimum absolute atomic E-state index is 0.0127. The lowest BCUT2D eigenvalue weighted by Gasteiger charge is -2.26. The highest BCUT2D eigenvalue weighted by atomic mass is 35.5. The third-order valence-corrected chi connectivity index (χ3v) is 5.64. The van der Waals surface area contributed by atoms with Crippen molar-refractivity contribution in [2.24, 2.45) is 11.8 Å². The highest BCUT2D eigenvalue weighted by molar-refractivity contribution is 6.18. The third kappa shape index (κ3) is 10.8. The van der Waals surface area contributed by atoms with E-state index in [0.717, 1.165) is 44.5 Å². The van der Waals surface area contributed by atoms with E-state index in [-0.39, 0.29) is 6.10 Å². The number of halogens is 1. The van der Waals surface area contributed by atoms with Crippen molar-refractivity contribution in [2.45, 2.75) is 89.6 Å². The van der Waals surface area contributed by atoms with Crippen LogP contribution in [0.2, 0.25) is 0 Å². The summed E-state index contributed by atoms with van der Waals surface area (Å²) in [5.41, 5.74) is 0. The Kier molecular flexibility index (Phi) is 10.1. The molecular formula is C20H37ClO4. The first kappa shape index (κ1) is 21.4. The Labute approximate surface area is 158 Å². The molecule has 0 amide bonds. The Bertz CT molecular complexity index is 339. The Morgan fingerprint density at radius 3 is 1.92 bits per heavy atom. The van der Waals surface area contributed by atoms with Crippen molar-refractivity contribution in [1.82, 2.24) is 0 Å². The van der Waals surface area contributed by atoms with Gasteiger partial charge in [-0.15, -0.1) is 11.6 Å². The van der Waals surface area contributed by atoms with E-state index < -0.39 is 0 Å². The summed E-state index contributed by atoms with van der Waals surface area (Å²) in [5, 5.41) is 9.08. The number of hydrogen-bond donors (Lipinski definition) is 1. The molecule has 25 heavy (non-hydrogen) atoms. The fraction of sp³-hybridized carbons (Fsp3) is 1.00. The second kappa shape index (κ2) is 11.8. The highest BCUT2D eigenvalue weighted by Gasteiger charge is 2.26. The molecule has 2 heterocycles. The van der Waals surface area contributed by atoms with Crippen molar-refractivity contribution in [3.63, 3.8) is 0 Å². The van der Waals surface area contributed by atoms with Crippen LogP contribution in [0.4, 0.5) is 0 Å². The predicted molar refractivity (Wildman–Crippen MR) is 101 cm³/mol. The lowest BCUT2D eigenvalue weighted by Crippen LogP contribution is -2.23. The van der Waals surface area contributed by atoms with Crippen molar-refractivity contribution in [2.75, 3.05) is 25.7 Å². The van der Waals surface area contributed by atoms with Crippen molar-refractivity contribution >= 4 is 11.6 Å². The summed E-state index contributed by atoms with van der Waals surface area (Å²) in [4.78, 5) is 0. The van der Waals surface area contributed by atoms with Gasteiger partial charge in [-0.3, -0.25) is 0 Å². The molecular weight excluding hydrogens is 340 g/mol. The van der Waals surface area contributed by atoms with Gasteiger partial charge in [0.15, 0.2) is 0 Å². The average molecular weight is 377 g/mol. The third-order valence-electron chi connectivity index (χ3n) is 5.29. The van der Waals surface area contributed by atoms with E-state index in [1.807, 2.05) is 0 Å². The number of aliphatic hydroxyl groups is 1. The summed E-state index contributed by atoms with van der Waals surface area (Å²) >= 11 is 5.27. The lowest BCUT2D eigenvalue weighted by atomic mass is 9.89. The predicted octanol–water partition coefficient (Wildman–Crippen LogP) is 4.16. The van der Waals surface area contributed by atoms with Crippen LogP contribution >= 0.6 is 11.6 Å². The van der Waals surface area contributed by atoms with Gasteiger partial charge < -0.3 is 19.3 Å². The molecule has 4 aliphatic rings. The zero-order chi connectivity index (χ0) is 18.1. The van der Waals surface area contributed by atoms with E-state index in [4.69, 9.17) is 30.9 Å². The molecule has 0 bridgehead atoms. The molecule has 4 rings (SSSR count). The lowest BCUT2D eigenvalue weighted by molar-refractivity contribution is 0.00806. The molecule has 6 atom stereocenters. The van der Waals surface area contributed by atoms with Gasteiger partial charge in [0.25, 0.3) is 0 Å². The largest absolute Gasteiger partial charge is 0.393 e. The first-order valence-electron chi connectivity index (χ1n) is 10.2. The Balaban J connectivity index is 0.000000149. The van der Waals surface area contributed by atoms with Crippen LogP contribution in [0, 0.1) is 11.8 Å². The van der Waals surface area contributed by atoms with Gasteiger partial charge in [0, 0.05) is 0 Å². The van der Waals surface area contributed by atoms with Crippen LogP contribution in [-0.2, 0) is 14.2 Å². The Morgan fingerprint density at radius 1 is 0.920 bits per heavy atom. The molecule has 2 saturated heterocycles. The van der Waals surface area contributed by atoms with Crippen LogP contribution in [0.1, 0.15) is 65.2 Å². The molecule has 0 radical (unpaired) electrons. The van der Waals surface area contributed by atoms with Gasteiger partial charge in [-0.2, -0.15) is 0 Å². The molecule has 2 saturated carbocycles. The number of hydrogen-bond acceptors (Lipinski definition) is 4. The fourth-order valence-corrected chi connectivity index (χ4v) is 3.67. The number of aliphatic hydroxyl groups excluding tert-OH is 1. The zero-order valence-electron chi connectivity index (χ0n) is 16.0. The Morgan fingerprint density at radius 2 is 1.52 bits per heavy atom. The summed E-state index contributed by atoms with van der Waals surface area (Å²) in [7, 11) is 0. The summed E-state index contributed by atoms with van der Waals surface area (Å²) in [6.07, 6.45) is 11.2. The van der Waals surface area contributed by atoms with Gasteiger partial charge in [-0.25, -0.2) is 0 Å². The molecule has 0 spiro atoms. The number of epoxide rings is 2. The van der Waals surface area contributed by atoms with Crippen LogP contribution in [-0.4, -0.2) is 55.2 Å². The van der Waals surface area contributed by atoms with Crippen molar-refractivity contribution in [1.29, 1.82) is 0 Å². The highest BCUT2D eigenvalue weighted by Crippen LogP contribution is 2.26. The minimum atomic E-state index is 0.0127. The number of alkyl halides is 1. The van der Waals surface area contributed by atoms with Crippen LogP contribution in [0.3, 0.4) is 0 Å². The maximum absolute atomic E-state index is 9.08. The van der Waals surface area contributed by atoms with E-state index in [1.165, 1.54) is 38.5 Å². The SMILES string of the molecule is CC1CCCC(O)C1.CC1CCCC(OCC2CO2)C1.ClCC1CO1. The molecule has 4 fully saturated rings. The smallest absolute Gasteiger partial charge is 0.104 e. The summed E-state index contributed by atoms with van der Waals surface area (Å²) in [6, 6.07) is 0. The summed E-state index contributed by atoms with van der Waals surface area (Å²) < 4.78 is 15.6. The molecule has 4 nitrogen and oxygen atoms in total. The normalized spacial score (nSPS) is 39.4. The van der Waals surface area contributed by atoms with Gasteiger partial charge in [-0.05, 0) is 37.5 Å². The molecule has 0 aromatic carbocycles. The van der Waals surface area contributed by atoms with Gasteiger partial charge in [0.05, 0.1) is 44.0 Å². The second-order valence-electron chi connectivity index (χ2n) is 8.22. The van der Waals surface area contributed by atoms with E-state index in [0.29, 0.717) is 24.2 Å². The van der Waals surface area contributed by atoms with E-state index >= 15 is 0 Å². The van der Waals surface area contributed by atoms with E-state index in [1.54, 1.807) is 0 Å². The molecule has 2 aliphatic carbocycles. The fourth-order valence-electron chi connectivity index (χ4n) is 3.50. The topological polar surface area (TPSA) is 54.5 Å². The van der Waals surface area contributed by atoms with Crippen molar-refractivity contribution in [3.8, 4) is 0 Å². The van der Waals surface area contributed by atoms with Crippen LogP contribution in [0.5, 0.6) is 0 Å². The van der Waals surface area contributed by atoms with Gasteiger partial charge in [-0.1, -0.05) is 39.5 Å². The van der Waals surface area contributed by atoms with Gasteiger partial charge in [0.2, 0.25) is 0 Å². The first-order chi connectivity index (χ1) is 12.1. The van der Waals surface area contributed by atoms with Gasteiger partial charge >= 0.3 is 0 Å². The van der Waals surface area contributed by atoms with Crippen LogP contribution < -0.4 is 0 Å². The Hall–Kier alpha value is 0.130. The number of ether oxygens (including phenoxy) is 3. The first-order valence-corrected chi connectivity index (χ1v) is 10.7. The second-order valence-corrected chi connectivity index (χ2v) is 8.53. The monoisotopic (exact) mass is 376 g/mol.